The summed E-state index contributed by atoms with van der Waals surface area (Å²) < 4.78 is 0. The number of carboxylic acids is 1. The number of rotatable bonds is 5. The van der Waals surface area contributed by atoms with E-state index in [4.69, 9.17) is 5.11 Å². The van der Waals surface area contributed by atoms with Gasteiger partial charge in [0.2, 0.25) is 6.41 Å². The molecular formula is C7H6N2O4S. The molecule has 0 aliphatic rings. The molecule has 14 heavy (non-hydrogen) atoms. The van der Waals surface area contributed by atoms with Crippen molar-refractivity contribution in [2.24, 2.45) is 0 Å². The highest BCUT2D eigenvalue weighted by Gasteiger charge is 2.21. The van der Waals surface area contributed by atoms with Crippen molar-refractivity contribution in [1.82, 2.24) is 4.98 Å². The molecule has 0 radical (unpaired) electrons. The monoisotopic (exact) mass is 214 g/mol. The fourth-order valence-corrected chi connectivity index (χ4v) is 1.51. The Labute approximate surface area is 82.6 Å². The van der Waals surface area contributed by atoms with Crippen LogP contribution >= 0.6 is 11.3 Å². The van der Waals surface area contributed by atoms with E-state index in [1.165, 1.54) is 5.38 Å². The van der Waals surface area contributed by atoms with Crippen LogP contribution < -0.4 is 5.32 Å². The molecule has 0 spiro atoms. The Morgan fingerprint density at radius 2 is 2.36 bits per heavy atom. The first kappa shape index (κ1) is 10.3. The minimum Gasteiger partial charge on any atom is -0.480 e. The molecule has 1 atom stereocenters. The molecule has 0 aliphatic heterocycles. The van der Waals surface area contributed by atoms with Gasteiger partial charge in [0, 0.05) is 5.38 Å². The molecule has 0 saturated heterocycles. The normalized spacial score (nSPS) is 11.7. The minimum atomic E-state index is -1.27. The van der Waals surface area contributed by atoms with Crippen molar-refractivity contribution >= 4 is 35.1 Å². The van der Waals surface area contributed by atoms with Gasteiger partial charge in [0.05, 0.1) is 5.69 Å². The number of nitrogens with one attached hydrogen (secondary N) is 1. The Hall–Kier alpha value is -1.76. The highest BCUT2D eigenvalue weighted by Crippen LogP contribution is 2.20. The summed E-state index contributed by atoms with van der Waals surface area (Å²) in [4.78, 5) is 34.7. The molecule has 1 heterocycles. The van der Waals surface area contributed by atoms with Gasteiger partial charge in [-0.15, -0.1) is 11.3 Å². The lowest BCUT2D eigenvalue weighted by atomic mass is 10.1. The third-order valence-electron chi connectivity index (χ3n) is 1.43. The van der Waals surface area contributed by atoms with Crippen LogP contribution in [0.25, 0.3) is 0 Å². The van der Waals surface area contributed by atoms with Crippen molar-refractivity contribution in [3.63, 3.8) is 0 Å². The summed E-state index contributed by atoms with van der Waals surface area (Å²) in [7, 11) is 0. The van der Waals surface area contributed by atoms with Crippen LogP contribution in [0.5, 0.6) is 0 Å². The van der Waals surface area contributed by atoms with Gasteiger partial charge in [-0.05, 0) is 0 Å². The number of carbonyl (C=O) groups is 3. The number of carbonyl (C=O) groups excluding carboxylic acids is 2. The van der Waals surface area contributed by atoms with Crippen molar-refractivity contribution in [1.29, 1.82) is 0 Å². The maximum atomic E-state index is 10.5. The zero-order valence-electron chi connectivity index (χ0n) is 6.84. The number of hydrogen-bond donors (Lipinski definition) is 2. The SMILES string of the molecule is O=CNc1nc(C(C=O)C(=O)O)cs1. The number of nitrogens with zero attached hydrogens (tertiary/aromatic N) is 1. The standard InChI is InChI=1S/C7H6N2O4S/c10-1-4(6(12)13)5-2-14-7(9-5)8-3-11/h1-4H,(H,12,13)(H,8,9,11). The van der Waals surface area contributed by atoms with E-state index in [0.717, 1.165) is 11.3 Å². The number of amides is 1. The van der Waals surface area contributed by atoms with Gasteiger partial charge in [0.15, 0.2) is 11.0 Å². The molecule has 0 saturated carbocycles. The second kappa shape index (κ2) is 4.47. The van der Waals surface area contributed by atoms with Crippen molar-refractivity contribution in [2.45, 2.75) is 5.92 Å². The molecule has 1 amide bonds. The van der Waals surface area contributed by atoms with Gasteiger partial charge in [-0.2, -0.15) is 0 Å². The lowest BCUT2D eigenvalue weighted by molar-refractivity contribution is -0.140. The number of thiazole rings is 1. The number of aldehydes is 1. The topological polar surface area (TPSA) is 96.4 Å². The van der Waals surface area contributed by atoms with Gasteiger partial charge < -0.3 is 15.2 Å². The molecule has 0 aliphatic carbocycles. The van der Waals surface area contributed by atoms with Crippen LogP contribution in [-0.4, -0.2) is 28.8 Å². The third kappa shape index (κ3) is 2.13. The number of aliphatic carboxylic acids is 1. The van der Waals surface area contributed by atoms with E-state index in [9.17, 15) is 14.4 Å². The van der Waals surface area contributed by atoms with E-state index in [1.54, 1.807) is 0 Å². The lowest BCUT2D eigenvalue weighted by Gasteiger charge is -1.98. The summed E-state index contributed by atoms with van der Waals surface area (Å²) >= 11 is 1.06. The van der Waals surface area contributed by atoms with E-state index >= 15 is 0 Å². The molecule has 1 aromatic rings. The summed E-state index contributed by atoms with van der Waals surface area (Å²) in [6.45, 7) is 0. The van der Waals surface area contributed by atoms with Gasteiger partial charge >= 0.3 is 5.97 Å². The van der Waals surface area contributed by atoms with Crippen LogP contribution in [0.1, 0.15) is 11.6 Å². The predicted octanol–water partition coefficient (Wildman–Crippen LogP) is 0.0785. The number of anilines is 1. The first-order valence-electron chi connectivity index (χ1n) is 3.52. The fraction of sp³-hybridized carbons (Fsp3) is 0.143. The zero-order valence-corrected chi connectivity index (χ0v) is 7.65. The molecule has 7 heteroatoms. The molecule has 1 rings (SSSR count). The number of aromatic nitrogens is 1. The van der Waals surface area contributed by atoms with E-state index < -0.39 is 11.9 Å². The summed E-state index contributed by atoms with van der Waals surface area (Å²) in [5.41, 5.74) is 0.127. The van der Waals surface area contributed by atoms with E-state index in [2.05, 4.69) is 10.3 Å². The molecule has 2 N–H and O–H groups in total. The van der Waals surface area contributed by atoms with Crippen LogP contribution in [0, 0.1) is 0 Å². The summed E-state index contributed by atoms with van der Waals surface area (Å²) in [5, 5.41) is 12.6. The smallest absolute Gasteiger partial charge is 0.319 e. The second-order valence-electron chi connectivity index (χ2n) is 2.29. The average Bonchev–Trinajstić information content (AvgIpc) is 2.54. The third-order valence-corrected chi connectivity index (χ3v) is 2.22. The first-order valence-corrected chi connectivity index (χ1v) is 4.40. The Bertz CT molecular complexity index is 362. The van der Waals surface area contributed by atoms with Crippen LogP contribution in [0.2, 0.25) is 0 Å². The molecule has 0 bridgehead atoms. The molecule has 6 nitrogen and oxygen atoms in total. The van der Waals surface area contributed by atoms with Crippen molar-refractivity contribution < 1.29 is 19.5 Å². The quantitative estimate of drug-likeness (QED) is 0.534. The number of hydrogen-bond acceptors (Lipinski definition) is 5. The molecule has 0 aromatic carbocycles. The van der Waals surface area contributed by atoms with Crippen LogP contribution in [0.15, 0.2) is 5.38 Å². The van der Waals surface area contributed by atoms with Gasteiger partial charge in [-0.1, -0.05) is 0 Å². The highest BCUT2D eigenvalue weighted by molar-refractivity contribution is 7.13. The molecule has 0 fully saturated rings. The Morgan fingerprint density at radius 3 is 2.86 bits per heavy atom. The van der Waals surface area contributed by atoms with Crippen LogP contribution in [0.4, 0.5) is 5.13 Å². The van der Waals surface area contributed by atoms with Crippen molar-refractivity contribution in [3.05, 3.63) is 11.1 Å². The summed E-state index contributed by atoms with van der Waals surface area (Å²) in [6, 6.07) is 0. The van der Waals surface area contributed by atoms with Gasteiger partial charge in [-0.3, -0.25) is 9.59 Å². The van der Waals surface area contributed by atoms with Crippen molar-refractivity contribution in [2.75, 3.05) is 5.32 Å². The summed E-state index contributed by atoms with van der Waals surface area (Å²) in [6.07, 6.45) is 0.724. The Kier molecular flexibility index (Phi) is 3.29. The van der Waals surface area contributed by atoms with E-state index in [0.29, 0.717) is 12.7 Å². The highest BCUT2D eigenvalue weighted by atomic mass is 32.1. The van der Waals surface area contributed by atoms with E-state index in [-0.39, 0.29) is 10.8 Å². The minimum absolute atomic E-state index is 0.127. The predicted molar refractivity (Wildman–Crippen MR) is 48.2 cm³/mol. The lowest BCUT2D eigenvalue weighted by Crippen LogP contribution is -2.13. The first-order chi connectivity index (χ1) is 6.69. The second-order valence-corrected chi connectivity index (χ2v) is 3.15. The molecule has 1 unspecified atom stereocenters. The van der Waals surface area contributed by atoms with E-state index in [1.807, 2.05) is 0 Å². The Balaban J connectivity index is 2.88. The average molecular weight is 214 g/mol. The molecule has 1 aromatic heterocycles. The van der Waals surface area contributed by atoms with Gasteiger partial charge in [0.1, 0.15) is 6.29 Å². The van der Waals surface area contributed by atoms with Crippen LogP contribution in [-0.2, 0) is 14.4 Å². The fourth-order valence-electron chi connectivity index (χ4n) is 0.800. The zero-order chi connectivity index (χ0) is 10.6. The molecule has 74 valence electrons. The van der Waals surface area contributed by atoms with Crippen LogP contribution in [0.3, 0.4) is 0 Å². The largest absolute Gasteiger partial charge is 0.480 e. The molecular weight excluding hydrogens is 208 g/mol. The van der Waals surface area contributed by atoms with Crippen molar-refractivity contribution in [3.8, 4) is 0 Å². The maximum absolute atomic E-state index is 10.5. The number of carboxylic acid groups (broad SMARTS) is 1. The Morgan fingerprint density at radius 1 is 1.64 bits per heavy atom. The van der Waals surface area contributed by atoms with Gasteiger partial charge in [-0.25, -0.2) is 4.98 Å². The van der Waals surface area contributed by atoms with Gasteiger partial charge in [0.25, 0.3) is 0 Å². The maximum Gasteiger partial charge on any atom is 0.319 e. The summed E-state index contributed by atoms with van der Waals surface area (Å²) in [5.74, 6) is -2.53.